The summed E-state index contributed by atoms with van der Waals surface area (Å²) in [7, 11) is 0. The highest BCUT2D eigenvalue weighted by Gasteiger charge is 2.28. The highest BCUT2D eigenvalue weighted by atomic mass is 16.2. The van der Waals surface area contributed by atoms with Crippen LogP contribution >= 0.6 is 0 Å². The first-order valence-corrected chi connectivity index (χ1v) is 6.09. The Balaban J connectivity index is 2.12. The number of hydrogen-bond donors (Lipinski definition) is 4. The lowest BCUT2D eigenvalue weighted by molar-refractivity contribution is -0.134. The van der Waals surface area contributed by atoms with Crippen molar-refractivity contribution >= 4 is 23.4 Å². The summed E-state index contributed by atoms with van der Waals surface area (Å²) < 4.78 is 0. The first kappa shape index (κ1) is 13.9. The van der Waals surface area contributed by atoms with Crippen LogP contribution in [-0.4, -0.2) is 28.7 Å². The molecule has 106 valence electrons. The number of nitrogens with one attached hydrogen (secondary N) is 3. The summed E-state index contributed by atoms with van der Waals surface area (Å²) in [6.07, 6.45) is 1.86. The van der Waals surface area contributed by atoms with Crippen LogP contribution in [-0.2, 0) is 9.59 Å². The van der Waals surface area contributed by atoms with Crippen molar-refractivity contribution in [2.75, 3.05) is 5.43 Å². The van der Waals surface area contributed by atoms with E-state index in [9.17, 15) is 14.4 Å². The number of nitrogens with zero attached hydrogens (tertiary/aromatic N) is 1. The molecule has 3 amide bonds. The quantitative estimate of drug-likeness (QED) is 0.326. The molecule has 0 bridgehead atoms. The van der Waals surface area contributed by atoms with E-state index in [1.54, 1.807) is 13.0 Å². The maximum atomic E-state index is 12.1. The van der Waals surface area contributed by atoms with Gasteiger partial charge in [-0.2, -0.15) is 0 Å². The topological polar surface area (TPSA) is 126 Å². The van der Waals surface area contributed by atoms with Gasteiger partial charge in [0.15, 0.2) is 0 Å². The molecule has 1 aromatic rings. The zero-order valence-electron chi connectivity index (χ0n) is 10.9. The molecule has 1 atom stereocenters. The fraction of sp³-hybridized carbons (Fsp3) is 0.333. The van der Waals surface area contributed by atoms with E-state index in [2.05, 4.69) is 21.0 Å². The second kappa shape index (κ2) is 5.66. The Morgan fingerprint density at radius 1 is 1.50 bits per heavy atom. The van der Waals surface area contributed by atoms with Gasteiger partial charge in [-0.1, -0.05) is 0 Å². The van der Waals surface area contributed by atoms with Gasteiger partial charge >= 0.3 is 0 Å². The fourth-order valence-electron chi connectivity index (χ4n) is 1.93. The van der Waals surface area contributed by atoms with Crippen molar-refractivity contribution in [1.29, 1.82) is 0 Å². The Kier molecular flexibility index (Phi) is 3.94. The second-order valence-corrected chi connectivity index (χ2v) is 4.49. The minimum absolute atomic E-state index is 0.199. The molecular weight excluding hydrogens is 262 g/mol. The van der Waals surface area contributed by atoms with Gasteiger partial charge in [-0.25, -0.2) is 0 Å². The number of imide groups is 1. The van der Waals surface area contributed by atoms with Crippen LogP contribution in [0.5, 0.6) is 0 Å². The van der Waals surface area contributed by atoms with Crippen molar-refractivity contribution in [3.8, 4) is 0 Å². The number of pyridine rings is 1. The zero-order valence-corrected chi connectivity index (χ0v) is 10.9. The number of hydrazine groups is 1. The molecule has 0 radical (unpaired) electrons. The van der Waals surface area contributed by atoms with Gasteiger partial charge in [0.25, 0.3) is 5.91 Å². The molecule has 0 spiro atoms. The van der Waals surface area contributed by atoms with Crippen LogP contribution in [0.15, 0.2) is 12.3 Å². The molecule has 1 fully saturated rings. The minimum atomic E-state index is -0.730. The van der Waals surface area contributed by atoms with E-state index in [4.69, 9.17) is 5.84 Å². The van der Waals surface area contributed by atoms with Gasteiger partial charge in [-0.05, 0) is 19.4 Å². The monoisotopic (exact) mass is 277 g/mol. The molecule has 0 aromatic carbocycles. The molecule has 2 heterocycles. The van der Waals surface area contributed by atoms with E-state index in [1.165, 1.54) is 6.20 Å². The third-order valence-electron chi connectivity index (χ3n) is 2.99. The standard InChI is InChI=1S/C12H15N5O3/c1-6-4-9(17-13)7(5-14-6)11(19)15-8-2-3-10(18)16-12(8)20/h4-5,8H,2-3,13H2,1H3,(H,14,17)(H,15,19)(H,16,18,20). The fourth-order valence-corrected chi connectivity index (χ4v) is 1.93. The smallest absolute Gasteiger partial charge is 0.255 e. The van der Waals surface area contributed by atoms with E-state index >= 15 is 0 Å². The molecule has 20 heavy (non-hydrogen) atoms. The lowest BCUT2D eigenvalue weighted by Crippen LogP contribution is -2.52. The van der Waals surface area contributed by atoms with Crippen molar-refractivity contribution in [2.45, 2.75) is 25.8 Å². The van der Waals surface area contributed by atoms with Gasteiger partial charge in [0.2, 0.25) is 11.8 Å². The number of nitrogen functional groups attached to an aromatic ring is 1. The molecule has 8 nitrogen and oxygen atoms in total. The van der Waals surface area contributed by atoms with Gasteiger partial charge < -0.3 is 10.7 Å². The average molecular weight is 277 g/mol. The number of hydrogen-bond acceptors (Lipinski definition) is 6. The molecule has 5 N–H and O–H groups in total. The number of anilines is 1. The van der Waals surface area contributed by atoms with Gasteiger partial charge in [0, 0.05) is 18.3 Å². The first-order valence-electron chi connectivity index (χ1n) is 6.09. The molecule has 1 aliphatic rings. The summed E-state index contributed by atoms with van der Waals surface area (Å²) >= 11 is 0. The van der Waals surface area contributed by atoms with Gasteiger partial charge in [-0.3, -0.25) is 30.5 Å². The summed E-state index contributed by atoms with van der Waals surface area (Å²) in [4.78, 5) is 38.8. The van der Waals surface area contributed by atoms with Crippen LogP contribution in [0.1, 0.15) is 28.9 Å². The largest absolute Gasteiger partial charge is 0.340 e. The number of aryl methyl sites for hydroxylation is 1. The molecule has 1 aliphatic heterocycles. The zero-order chi connectivity index (χ0) is 14.7. The van der Waals surface area contributed by atoms with Crippen molar-refractivity contribution in [2.24, 2.45) is 5.84 Å². The maximum absolute atomic E-state index is 12.1. The van der Waals surface area contributed by atoms with Crippen LogP contribution in [0.4, 0.5) is 5.69 Å². The Morgan fingerprint density at radius 2 is 2.25 bits per heavy atom. The summed E-state index contributed by atoms with van der Waals surface area (Å²) in [6.45, 7) is 1.77. The van der Waals surface area contributed by atoms with Crippen LogP contribution in [0.25, 0.3) is 0 Å². The van der Waals surface area contributed by atoms with Gasteiger partial charge in [-0.15, -0.1) is 0 Å². The number of carbonyl (C=O) groups is 3. The number of nitrogens with two attached hydrogens (primary N) is 1. The van der Waals surface area contributed by atoms with Gasteiger partial charge in [0.1, 0.15) is 6.04 Å². The second-order valence-electron chi connectivity index (χ2n) is 4.49. The molecule has 1 unspecified atom stereocenters. The van der Waals surface area contributed by atoms with E-state index < -0.39 is 17.9 Å². The SMILES string of the molecule is Cc1cc(NN)c(C(=O)NC2CCC(=O)NC2=O)cn1. The molecule has 8 heteroatoms. The summed E-state index contributed by atoms with van der Waals surface area (Å²) in [5.74, 6) is 4.05. The van der Waals surface area contributed by atoms with Gasteiger partial charge in [0.05, 0.1) is 11.3 Å². The third-order valence-corrected chi connectivity index (χ3v) is 2.99. The molecule has 1 saturated heterocycles. The van der Waals surface area contributed by atoms with Crippen molar-refractivity contribution < 1.29 is 14.4 Å². The summed E-state index contributed by atoms with van der Waals surface area (Å²) in [5.41, 5.74) is 3.78. The Labute approximate surface area is 115 Å². The van der Waals surface area contributed by atoms with E-state index in [-0.39, 0.29) is 24.3 Å². The van der Waals surface area contributed by atoms with E-state index in [0.29, 0.717) is 11.4 Å². The summed E-state index contributed by atoms with van der Waals surface area (Å²) in [6, 6.07) is 0.895. The van der Waals surface area contributed by atoms with E-state index in [1.807, 2.05) is 0 Å². The van der Waals surface area contributed by atoms with Crippen molar-refractivity contribution in [1.82, 2.24) is 15.6 Å². The van der Waals surface area contributed by atoms with Crippen LogP contribution < -0.4 is 21.9 Å². The molecule has 0 aliphatic carbocycles. The number of carbonyl (C=O) groups excluding carboxylic acids is 3. The normalized spacial score (nSPS) is 18.4. The minimum Gasteiger partial charge on any atom is -0.340 e. The molecular formula is C12H15N5O3. The predicted molar refractivity (Wildman–Crippen MR) is 70.4 cm³/mol. The van der Waals surface area contributed by atoms with Crippen molar-refractivity contribution in [3.05, 3.63) is 23.5 Å². The molecule has 0 saturated carbocycles. The number of piperidine rings is 1. The Hall–Kier alpha value is -2.48. The summed E-state index contributed by atoms with van der Waals surface area (Å²) in [5, 5.41) is 4.74. The average Bonchev–Trinajstić information content (AvgIpc) is 2.41. The third kappa shape index (κ3) is 2.91. The maximum Gasteiger partial charge on any atom is 0.255 e. The first-order chi connectivity index (χ1) is 9.51. The van der Waals surface area contributed by atoms with E-state index in [0.717, 1.165) is 0 Å². The highest BCUT2D eigenvalue weighted by Crippen LogP contribution is 2.15. The van der Waals surface area contributed by atoms with Crippen LogP contribution in [0.2, 0.25) is 0 Å². The van der Waals surface area contributed by atoms with Crippen molar-refractivity contribution in [3.63, 3.8) is 0 Å². The van der Waals surface area contributed by atoms with Crippen LogP contribution in [0.3, 0.4) is 0 Å². The Morgan fingerprint density at radius 3 is 2.90 bits per heavy atom. The number of amides is 3. The highest BCUT2D eigenvalue weighted by molar-refractivity contribution is 6.05. The van der Waals surface area contributed by atoms with Crippen LogP contribution in [0, 0.1) is 6.92 Å². The lowest BCUT2D eigenvalue weighted by Gasteiger charge is -2.22. The Bertz CT molecular complexity index is 572. The molecule has 1 aromatic heterocycles. The number of aromatic nitrogens is 1. The lowest BCUT2D eigenvalue weighted by atomic mass is 10.1. The molecule has 2 rings (SSSR count). The number of rotatable bonds is 3. The predicted octanol–water partition coefficient (Wildman–Crippen LogP) is -0.789.